The van der Waals surface area contributed by atoms with Crippen LogP contribution in [0, 0.1) is 17.0 Å². The van der Waals surface area contributed by atoms with Gasteiger partial charge in [-0.15, -0.1) is 0 Å². The highest BCUT2D eigenvalue weighted by Crippen LogP contribution is 1.92. The van der Waals surface area contributed by atoms with Gasteiger partial charge in [0.2, 0.25) is 0 Å². The van der Waals surface area contributed by atoms with Crippen LogP contribution in [0.15, 0.2) is 30.3 Å². The van der Waals surface area contributed by atoms with Crippen LogP contribution >= 0.6 is 0 Å². The van der Waals surface area contributed by atoms with Gasteiger partial charge < -0.3 is 0 Å². The maximum Gasteiger partial charge on any atom is 0.194 e. The predicted molar refractivity (Wildman–Crippen MR) is 55.4 cm³/mol. The molecule has 0 unspecified atom stereocenters. The Morgan fingerprint density at radius 3 is 1.62 bits per heavy atom. The van der Waals surface area contributed by atoms with E-state index in [4.69, 9.17) is 10.1 Å². The molecular weight excluding hydrogens is 166 g/mol. The highest BCUT2D eigenvalue weighted by atomic mass is 16.6. The Balaban J connectivity index is 0. The van der Waals surface area contributed by atoms with Crippen molar-refractivity contribution < 1.29 is 4.92 Å². The summed E-state index contributed by atoms with van der Waals surface area (Å²) in [6, 6.07) is 10.3. The first-order valence-electron chi connectivity index (χ1n) is 4.22. The third-order valence-corrected chi connectivity index (χ3v) is 0.940. The lowest BCUT2D eigenvalue weighted by atomic mass is 10.2. The zero-order chi connectivity index (χ0) is 10.7. The Bertz CT molecular complexity index is 205. The van der Waals surface area contributed by atoms with Crippen LogP contribution in [0.25, 0.3) is 0 Å². The van der Waals surface area contributed by atoms with Crippen molar-refractivity contribution in [2.45, 2.75) is 20.8 Å². The molecule has 0 aliphatic heterocycles. The normalized spacial score (nSPS) is 7.08. The standard InChI is InChI=1S/C7H8.C2H6.CH3NO2/c1-7-5-3-2-4-6-7;1-2;1-2(3)4/h2-6H,1H3;1-2H3;1H3. The molecule has 1 aromatic carbocycles. The van der Waals surface area contributed by atoms with Crippen LogP contribution in [0.2, 0.25) is 0 Å². The van der Waals surface area contributed by atoms with E-state index in [1.165, 1.54) is 5.56 Å². The molecule has 13 heavy (non-hydrogen) atoms. The molecule has 0 saturated heterocycles. The summed E-state index contributed by atoms with van der Waals surface area (Å²) in [5.41, 5.74) is 1.32. The zero-order valence-electron chi connectivity index (χ0n) is 8.65. The zero-order valence-corrected chi connectivity index (χ0v) is 8.65. The fourth-order valence-corrected chi connectivity index (χ4v) is 0.534. The molecular formula is C10H17NO2. The quantitative estimate of drug-likeness (QED) is 0.458. The molecule has 0 aromatic heterocycles. The SMILES string of the molecule is CC.C[N+](=O)[O-].Cc1ccccc1. The average Bonchev–Trinajstić information content (AvgIpc) is 2.08. The van der Waals surface area contributed by atoms with Gasteiger partial charge in [-0.05, 0) is 6.92 Å². The van der Waals surface area contributed by atoms with Crippen LogP contribution < -0.4 is 0 Å². The Kier molecular flexibility index (Phi) is 11.6. The van der Waals surface area contributed by atoms with Crippen molar-refractivity contribution in [3.8, 4) is 0 Å². The second-order valence-electron chi connectivity index (χ2n) is 2.09. The summed E-state index contributed by atoms with van der Waals surface area (Å²) in [5.74, 6) is 0. The van der Waals surface area contributed by atoms with Gasteiger partial charge in [-0.2, -0.15) is 0 Å². The molecule has 1 aromatic rings. The van der Waals surface area contributed by atoms with Gasteiger partial charge in [-0.1, -0.05) is 49.7 Å². The van der Waals surface area contributed by atoms with E-state index >= 15 is 0 Å². The number of hydrogen-bond donors (Lipinski definition) is 0. The van der Waals surface area contributed by atoms with Crippen molar-refractivity contribution in [3.63, 3.8) is 0 Å². The summed E-state index contributed by atoms with van der Waals surface area (Å²) in [6.45, 7) is 6.08. The van der Waals surface area contributed by atoms with Crippen LogP contribution in [-0.4, -0.2) is 12.0 Å². The van der Waals surface area contributed by atoms with Crippen LogP contribution in [0.4, 0.5) is 0 Å². The second-order valence-corrected chi connectivity index (χ2v) is 2.09. The molecule has 1 rings (SSSR count). The lowest BCUT2D eigenvalue weighted by Crippen LogP contribution is -1.79. The first-order chi connectivity index (χ1) is 6.13. The van der Waals surface area contributed by atoms with Crippen molar-refractivity contribution in [2.24, 2.45) is 0 Å². The van der Waals surface area contributed by atoms with E-state index in [1.807, 2.05) is 32.0 Å². The fourth-order valence-electron chi connectivity index (χ4n) is 0.534. The highest BCUT2D eigenvalue weighted by Gasteiger charge is 1.72. The number of hydrogen-bond acceptors (Lipinski definition) is 2. The first-order valence-corrected chi connectivity index (χ1v) is 4.22. The van der Waals surface area contributed by atoms with Gasteiger partial charge in [-0.25, -0.2) is 0 Å². The summed E-state index contributed by atoms with van der Waals surface area (Å²) in [6.07, 6.45) is 0. The Morgan fingerprint density at radius 2 is 1.46 bits per heavy atom. The predicted octanol–water partition coefficient (Wildman–Crippen LogP) is 2.91. The molecule has 0 spiro atoms. The van der Waals surface area contributed by atoms with E-state index in [1.54, 1.807) is 0 Å². The van der Waals surface area contributed by atoms with Crippen molar-refractivity contribution in [2.75, 3.05) is 7.05 Å². The maximum absolute atomic E-state index is 8.81. The molecule has 0 aliphatic rings. The molecule has 0 fully saturated rings. The average molecular weight is 183 g/mol. The van der Waals surface area contributed by atoms with Crippen molar-refractivity contribution in [1.82, 2.24) is 0 Å². The molecule has 74 valence electrons. The molecule has 3 nitrogen and oxygen atoms in total. The van der Waals surface area contributed by atoms with Gasteiger partial charge in [0.1, 0.15) is 0 Å². The minimum Gasteiger partial charge on any atom is -0.265 e. The summed E-state index contributed by atoms with van der Waals surface area (Å²) >= 11 is 0. The molecule has 0 bridgehead atoms. The van der Waals surface area contributed by atoms with Gasteiger partial charge in [0, 0.05) is 4.92 Å². The lowest BCUT2D eigenvalue weighted by Gasteiger charge is -1.82. The number of nitro groups is 1. The van der Waals surface area contributed by atoms with E-state index < -0.39 is 4.92 Å². The first kappa shape index (κ1) is 14.2. The molecule has 3 heteroatoms. The molecule has 0 saturated carbocycles. The highest BCUT2D eigenvalue weighted by molar-refractivity contribution is 5.11. The van der Waals surface area contributed by atoms with Gasteiger partial charge >= 0.3 is 0 Å². The van der Waals surface area contributed by atoms with Crippen molar-refractivity contribution in [3.05, 3.63) is 46.0 Å². The Hall–Kier alpha value is -1.38. The third kappa shape index (κ3) is 18.0. The number of aryl methyl sites for hydroxylation is 1. The summed E-state index contributed by atoms with van der Waals surface area (Å²) in [4.78, 5) is 8.31. The molecule has 0 atom stereocenters. The van der Waals surface area contributed by atoms with E-state index in [9.17, 15) is 0 Å². The van der Waals surface area contributed by atoms with Crippen LogP contribution in [-0.2, 0) is 0 Å². The number of nitrogens with zero attached hydrogens (tertiary/aromatic N) is 1. The van der Waals surface area contributed by atoms with Gasteiger partial charge in [-0.3, -0.25) is 10.1 Å². The Morgan fingerprint density at radius 1 is 1.15 bits per heavy atom. The molecule has 0 radical (unpaired) electrons. The van der Waals surface area contributed by atoms with Crippen LogP contribution in [0.3, 0.4) is 0 Å². The van der Waals surface area contributed by atoms with Crippen molar-refractivity contribution >= 4 is 0 Å². The molecule has 0 aliphatic carbocycles. The smallest absolute Gasteiger partial charge is 0.194 e. The monoisotopic (exact) mass is 183 g/mol. The van der Waals surface area contributed by atoms with E-state index in [2.05, 4.69) is 19.1 Å². The summed E-state index contributed by atoms with van der Waals surface area (Å²) in [7, 11) is 0.889. The summed E-state index contributed by atoms with van der Waals surface area (Å²) < 4.78 is 0. The largest absolute Gasteiger partial charge is 0.265 e. The fraction of sp³-hybridized carbons (Fsp3) is 0.400. The minimum atomic E-state index is -0.500. The number of benzene rings is 1. The van der Waals surface area contributed by atoms with Crippen LogP contribution in [0.5, 0.6) is 0 Å². The van der Waals surface area contributed by atoms with Gasteiger partial charge in [0.25, 0.3) is 0 Å². The van der Waals surface area contributed by atoms with Gasteiger partial charge in [0.05, 0.1) is 0 Å². The maximum atomic E-state index is 8.81. The summed E-state index contributed by atoms with van der Waals surface area (Å²) in [5, 5.41) is 8.81. The second kappa shape index (κ2) is 10.6. The number of rotatable bonds is 0. The topological polar surface area (TPSA) is 43.1 Å². The van der Waals surface area contributed by atoms with Gasteiger partial charge in [0.15, 0.2) is 7.05 Å². The lowest BCUT2D eigenvalue weighted by molar-refractivity contribution is -0.445. The minimum absolute atomic E-state index is 0.500. The van der Waals surface area contributed by atoms with Crippen LogP contribution in [0.1, 0.15) is 19.4 Å². The molecule has 0 N–H and O–H groups in total. The van der Waals surface area contributed by atoms with E-state index in [-0.39, 0.29) is 0 Å². The molecule has 0 heterocycles. The Labute approximate surface area is 79.6 Å². The van der Waals surface area contributed by atoms with E-state index in [0.29, 0.717) is 0 Å². The van der Waals surface area contributed by atoms with Crippen molar-refractivity contribution in [1.29, 1.82) is 0 Å². The third-order valence-electron chi connectivity index (χ3n) is 0.940. The molecule has 0 amide bonds. The van der Waals surface area contributed by atoms with E-state index in [0.717, 1.165) is 7.05 Å².